The molecule has 44 heavy (non-hydrogen) atoms. The van der Waals surface area contributed by atoms with E-state index in [1.54, 1.807) is 31.6 Å². The van der Waals surface area contributed by atoms with E-state index >= 15 is 4.39 Å². The van der Waals surface area contributed by atoms with Crippen LogP contribution >= 0.6 is 0 Å². The first-order chi connectivity index (χ1) is 21.3. The lowest BCUT2D eigenvalue weighted by atomic mass is 9.90. The van der Waals surface area contributed by atoms with Crippen LogP contribution in [-0.2, 0) is 11.3 Å². The molecule has 1 aliphatic heterocycles. The molecule has 1 saturated heterocycles. The van der Waals surface area contributed by atoms with E-state index in [2.05, 4.69) is 21.7 Å². The lowest BCUT2D eigenvalue weighted by molar-refractivity contribution is 0.0611. The lowest BCUT2D eigenvalue weighted by Gasteiger charge is -2.24. The van der Waals surface area contributed by atoms with Crippen molar-refractivity contribution in [1.82, 2.24) is 14.9 Å². The lowest BCUT2D eigenvalue weighted by Crippen LogP contribution is -2.29. The second-order valence-electron chi connectivity index (χ2n) is 11.2. The second-order valence-corrected chi connectivity index (χ2v) is 11.2. The van der Waals surface area contributed by atoms with Gasteiger partial charge in [-0.3, -0.25) is 9.59 Å². The van der Waals surface area contributed by atoms with E-state index in [9.17, 15) is 9.59 Å². The van der Waals surface area contributed by atoms with Gasteiger partial charge in [-0.2, -0.15) is 0 Å². The molecule has 0 spiro atoms. The van der Waals surface area contributed by atoms with Crippen molar-refractivity contribution in [3.63, 3.8) is 0 Å². The Morgan fingerprint density at radius 3 is 2.70 bits per heavy atom. The van der Waals surface area contributed by atoms with Crippen molar-refractivity contribution in [2.24, 2.45) is 5.92 Å². The summed E-state index contributed by atoms with van der Waals surface area (Å²) in [5.74, 6) is -0.857. The molecular formula is C34H37FN6O3. The molecule has 0 radical (unpaired) electrons. The summed E-state index contributed by atoms with van der Waals surface area (Å²) in [6.45, 7) is 4.08. The number of pyridine rings is 2. The summed E-state index contributed by atoms with van der Waals surface area (Å²) in [5, 5.41) is 13.3. The van der Waals surface area contributed by atoms with Gasteiger partial charge in [0.15, 0.2) is 5.43 Å². The number of nitrogens with two attached hydrogens (primary N) is 1. The number of rotatable bonds is 9. The third-order valence-corrected chi connectivity index (χ3v) is 8.07. The number of nitrogens with zero attached hydrogens (tertiary/aromatic N) is 2. The number of carbonyl (C=O) groups is 1. The van der Waals surface area contributed by atoms with E-state index in [0.717, 1.165) is 24.6 Å². The average Bonchev–Trinajstić information content (AvgIpc) is 3.02. The predicted molar refractivity (Wildman–Crippen MR) is 172 cm³/mol. The number of allylic oxidation sites excluding steroid dienone is 5. The maximum absolute atomic E-state index is 15.5. The third-order valence-electron chi connectivity index (χ3n) is 8.07. The SMILES string of the molecule is CN/C=C(\C=N)c1cnc(N)c(-c2ccc(NC(=O)c3cn(CC4CCOCC4)cc(C4C=CC(C)=CC4)c3=O)cc2F)c1. The van der Waals surface area contributed by atoms with Crippen molar-refractivity contribution < 1.29 is 13.9 Å². The Hall–Kier alpha value is -4.83. The van der Waals surface area contributed by atoms with Crippen molar-refractivity contribution in [3.8, 4) is 11.1 Å². The van der Waals surface area contributed by atoms with Crippen LogP contribution in [0.25, 0.3) is 16.7 Å². The van der Waals surface area contributed by atoms with Gasteiger partial charge in [0, 0.05) is 97.2 Å². The van der Waals surface area contributed by atoms with E-state index in [-0.39, 0.29) is 34.0 Å². The fourth-order valence-corrected chi connectivity index (χ4v) is 5.59. The zero-order chi connectivity index (χ0) is 31.2. The van der Waals surface area contributed by atoms with E-state index in [1.807, 2.05) is 29.8 Å². The second kappa shape index (κ2) is 13.6. The van der Waals surface area contributed by atoms with Crippen molar-refractivity contribution >= 4 is 29.2 Å². The quantitative estimate of drug-likeness (QED) is 0.241. The van der Waals surface area contributed by atoms with Crippen molar-refractivity contribution in [1.29, 1.82) is 5.41 Å². The van der Waals surface area contributed by atoms with Gasteiger partial charge in [0.05, 0.1) is 0 Å². The van der Waals surface area contributed by atoms with Gasteiger partial charge in [-0.05, 0) is 56.4 Å². The molecule has 10 heteroatoms. The molecule has 0 bridgehead atoms. The van der Waals surface area contributed by atoms with Gasteiger partial charge in [0.1, 0.15) is 17.2 Å². The van der Waals surface area contributed by atoms with Gasteiger partial charge in [-0.1, -0.05) is 23.8 Å². The minimum atomic E-state index is -0.623. The number of hydrogen-bond acceptors (Lipinski definition) is 7. The third kappa shape index (κ3) is 6.86. The number of amides is 1. The van der Waals surface area contributed by atoms with E-state index in [0.29, 0.717) is 54.4 Å². The van der Waals surface area contributed by atoms with Gasteiger partial charge in [-0.15, -0.1) is 0 Å². The molecule has 1 amide bonds. The predicted octanol–water partition coefficient (Wildman–Crippen LogP) is 5.51. The first kappa shape index (κ1) is 30.6. The van der Waals surface area contributed by atoms with Gasteiger partial charge in [0.2, 0.25) is 0 Å². The Balaban J connectivity index is 1.44. The molecule has 228 valence electrons. The summed E-state index contributed by atoms with van der Waals surface area (Å²) in [6.07, 6.45) is 16.4. The van der Waals surface area contributed by atoms with Crippen LogP contribution in [0.1, 0.15) is 53.6 Å². The van der Waals surface area contributed by atoms with Crippen LogP contribution < -0.4 is 21.8 Å². The number of ether oxygens (including phenoxy) is 1. The molecule has 3 aromatic rings. The summed E-state index contributed by atoms with van der Waals surface area (Å²) in [6, 6.07) is 5.93. The first-order valence-electron chi connectivity index (χ1n) is 14.7. The highest BCUT2D eigenvalue weighted by molar-refractivity contribution is 6.08. The van der Waals surface area contributed by atoms with Gasteiger partial charge in [0.25, 0.3) is 5.91 Å². The molecule has 2 aliphatic rings. The van der Waals surface area contributed by atoms with Crippen molar-refractivity contribution in [3.05, 3.63) is 106 Å². The summed E-state index contributed by atoms with van der Waals surface area (Å²) in [4.78, 5) is 31.4. The van der Waals surface area contributed by atoms with Crippen LogP contribution in [0.15, 0.2) is 77.7 Å². The fraction of sp³-hybridized carbons (Fsp3) is 0.294. The molecule has 1 unspecified atom stereocenters. The number of benzene rings is 1. The summed E-state index contributed by atoms with van der Waals surface area (Å²) in [5.41, 5.74) is 9.34. The molecule has 5 rings (SSSR count). The van der Waals surface area contributed by atoms with Crippen LogP contribution in [0.4, 0.5) is 15.9 Å². The maximum Gasteiger partial charge on any atom is 0.261 e. The van der Waals surface area contributed by atoms with E-state index in [1.165, 1.54) is 18.3 Å². The first-order valence-corrected chi connectivity index (χ1v) is 14.7. The van der Waals surface area contributed by atoms with Crippen LogP contribution in [0.3, 0.4) is 0 Å². The summed E-state index contributed by atoms with van der Waals surface area (Å²) >= 11 is 0. The van der Waals surface area contributed by atoms with Crippen LogP contribution in [0.5, 0.6) is 0 Å². The molecule has 2 aromatic heterocycles. The topological polar surface area (TPSA) is 135 Å². The Kier molecular flexibility index (Phi) is 9.50. The highest BCUT2D eigenvalue weighted by Gasteiger charge is 2.23. The maximum atomic E-state index is 15.5. The highest BCUT2D eigenvalue weighted by Crippen LogP contribution is 2.31. The van der Waals surface area contributed by atoms with E-state index in [4.69, 9.17) is 15.9 Å². The Morgan fingerprint density at radius 1 is 1.23 bits per heavy atom. The normalized spacial score (nSPS) is 17.2. The number of nitrogen functional groups attached to an aromatic ring is 1. The number of anilines is 2. The van der Waals surface area contributed by atoms with Crippen molar-refractivity contribution in [2.45, 2.75) is 38.6 Å². The zero-order valence-corrected chi connectivity index (χ0v) is 24.9. The number of carbonyl (C=O) groups excluding carboxylic acids is 1. The molecule has 9 nitrogen and oxygen atoms in total. The van der Waals surface area contributed by atoms with Crippen LogP contribution in [-0.4, -0.2) is 41.9 Å². The summed E-state index contributed by atoms with van der Waals surface area (Å²) in [7, 11) is 1.71. The molecule has 1 fully saturated rings. The monoisotopic (exact) mass is 596 g/mol. The minimum absolute atomic E-state index is 0.00959. The molecule has 0 saturated carbocycles. The minimum Gasteiger partial charge on any atom is -0.393 e. The van der Waals surface area contributed by atoms with Crippen LogP contribution in [0, 0.1) is 17.1 Å². The zero-order valence-electron chi connectivity index (χ0n) is 24.9. The molecule has 3 heterocycles. The van der Waals surface area contributed by atoms with Crippen molar-refractivity contribution in [2.75, 3.05) is 31.3 Å². The fourth-order valence-electron chi connectivity index (χ4n) is 5.59. The number of hydrogen-bond donors (Lipinski definition) is 4. The Morgan fingerprint density at radius 2 is 2.02 bits per heavy atom. The van der Waals surface area contributed by atoms with Gasteiger partial charge < -0.3 is 31.1 Å². The number of aromatic nitrogens is 2. The Bertz CT molecular complexity index is 1720. The molecular weight excluding hydrogens is 559 g/mol. The Labute approximate surface area is 255 Å². The largest absolute Gasteiger partial charge is 0.393 e. The molecule has 1 atom stereocenters. The smallest absolute Gasteiger partial charge is 0.261 e. The van der Waals surface area contributed by atoms with Crippen LogP contribution in [0.2, 0.25) is 0 Å². The number of nitrogens with one attached hydrogen (secondary N) is 3. The van der Waals surface area contributed by atoms with E-state index < -0.39 is 11.7 Å². The standard InChI is InChI=1S/C34H37FN6O3/c1-21-3-5-23(6-4-21)29-19-41(18-22-9-11-44-12-10-22)20-30(32(29)42)34(43)40-26-7-8-27(31(35)14-26)28-13-24(17-39-33(28)37)25(15-36)16-38-2/h3-5,7-8,13-17,19-20,22-23,36,38H,6,9-12,18H2,1-2H3,(H2,37,39)(H,40,43)/b25-16+,36-15?. The summed E-state index contributed by atoms with van der Waals surface area (Å²) < 4.78 is 22.9. The molecule has 1 aromatic carbocycles. The van der Waals surface area contributed by atoms with Gasteiger partial charge in [-0.25, -0.2) is 9.37 Å². The number of halogens is 1. The highest BCUT2D eigenvalue weighted by atomic mass is 19.1. The molecule has 1 aliphatic carbocycles. The van der Waals surface area contributed by atoms with Gasteiger partial charge >= 0.3 is 0 Å². The molecule has 5 N–H and O–H groups in total. The average molecular weight is 597 g/mol.